The van der Waals surface area contributed by atoms with Gasteiger partial charge in [0.2, 0.25) is 10.0 Å². The summed E-state index contributed by atoms with van der Waals surface area (Å²) in [6, 6.07) is 8.30. The molecule has 7 heteroatoms. The Bertz CT molecular complexity index is 600. The molecular formula is C16H28N4O2S. The maximum absolute atomic E-state index is 11.0. The van der Waals surface area contributed by atoms with Crippen LogP contribution in [0.1, 0.15) is 31.4 Å². The predicted octanol–water partition coefficient (Wildman–Crippen LogP) is 1.24. The van der Waals surface area contributed by atoms with Gasteiger partial charge in [0.15, 0.2) is 5.96 Å². The van der Waals surface area contributed by atoms with Gasteiger partial charge in [-0.15, -0.1) is 0 Å². The van der Waals surface area contributed by atoms with E-state index in [0.717, 1.165) is 25.2 Å². The lowest BCUT2D eigenvalue weighted by Gasteiger charge is -2.12. The van der Waals surface area contributed by atoms with Crippen molar-refractivity contribution in [3.8, 4) is 0 Å². The second-order valence-electron chi connectivity index (χ2n) is 5.26. The number of nitrogens with zero attached hydrogens (tertiary/aromatic N) is 1. The number of guanidine groups is 1. The summed E-state index contributed by atoms with van der Waals surface area (Å²) in [5.41, 5.74) is 2.54. The van der Waals surface area contributed by atoms with E-state index in [1.54, 1.807) is 0 Å². The van der Waals surface area contributed by atoms with Gasteiger partial charge in [0, 0.05) is 19.6 Å². The first-order chi connectivity index (χ1) is 11.0. The normalized spacial score (nSPS) is 12.2. The molecule has 0 fully saturated rings. The van der Waals surface area contributed by atoms with Crippen molar-refractivity contribution in [3.63, 3.8) is 0 Å². The summed E-state index contributed by atoms with van der Waals surface area (Å²) in [5, 5.41) is 6.42. The van der Waals surface area contributed by atoms with Gasteiger partial charge < -0.3 is 10.6 Å². The molecule has 1 aromatic carbocycles. The van der Waals surface area contributed by atoms with Crippen LogP contribution < -0.4 is 15.4 Å². The molecule has 0 saturated heterocycles. The summed E-state index contributed by atoms with van der Waals surface area (Å²) >= 11 is 0. The molecule has 6 nitrogen and oxygen atoms in total. The van der Waals surface area contributed by atoms with Crippen molar-refractivity contribution in [3.05, 3.63) is 35.4 Å². The number of hydrogen-bond acceptors (Lipinski definition) is 3. The van der Waals surface area contributed by atoms with E-state index >= 15 is 0 Å². The Morgan fingerprint density at radius 2 is 1.78 bits per heavy atom. The summed E-state index contributed by atoms with van der Waals surface area (Å²) in [4.78, 5) is 4.59. The van der Waals surface area contributed by atoms with Crippen molar-refractivity contribution in [2.45, 2.75) is 33.2 Å². The minimum Gasteiger partial charge on any atom is -0.357 e. The fourth-order valence-electron chi connectivity index (χ4n) is 2.12. The molecule has 0 atom stereocenters. The molecule has 0 saturated carbocycles. The minimum absolute atomic E-state index is 0.421. The largest absolute Gasteiger partial charge is 0.357 e. The molecule has 23 heavy (non-hydrogen) atoms. The van der Waals surface area contributed by atoms with Crippen LogP contribution in [0.25, 0.3) is 0 Å². The Balaban J connectivity index is 2.50. The van der Waals surface area contributed by atoms with Gasteiger partial charge in [-0.25, -0.2) is 18.1 Å². The molecular weight excluding hydrogens is 312 g/mol. The average Bonchev–Trinajstić information content (AvgIpc) is 2.51. The molecule has 130 valence electrons. The zero-order valence-corrected chi connectivity index (χ0v) is 15.0. The Kier molecular flexibility index (Phi) is 8.65. The summed E-state index contributed by atoms with van der Waals surface area (Å²) < 4.78 is 24.4. The molecule has 1 rings (SSSR count). The van der Waals surface area contributed by atoms with E-state index in [1.807, 2.05) is 19.1 Å². The first-order valence-electron chi connectivity index (χ1n) is 7.99. The fourth-order valence-corrected chi connectivity index (χ4v) is 2.63. The van der Waals surface area contributed by atoms with Crippen molar-refractivity contribution < 1.29 is 8.42 Å². The van der Waals surface area contributed by atoms with E-state index in [0.29, 0.717) is 26.1 Å². The van der Waals surface area contributed by atoms with Gasteiger partial charge >= 0.3 is 0 Å². The lowest BCUT2D eigenvalue weighted by atomic mass is 10.1. The topological polar surface area (TPSA) is 82.6 Å². The molecule has 3 N–H and O–H groups in total. The number of aryl methyl sites for hydroxylation is 1. The number of nitrogens with one attached hydrogen (secondary N) is 3. The highest BCUT2D eigenvalue weighted by molar-refractivity contribution is 7.88. The molecule has 0 aliphatic carbocycles. The van der Waals surface area contributed by atoms with E-state index < -0.39 is 10.0 Å². The second-order valence-corrected chi connectivity index (χ2v) is 7.10. The van der Waals surface area contributed by atoms with Gasteiger partial charge in [0.05, 0.1) is 12.8 Å². The lowest BCUT2D eigenvalue weighted by Crippen LogP contribution is -2.38. The van der Waals surface area contributed by atoms with E-state index in [9.17, 15) is 8.42 Å². The zero-order chi connectivity index (χ0) is 17.1. The second kappa shape index (κ2) is 10.2. The zero-order valence-electron chi connectivity index (χ0n) is 14.2. The van der Waals surface area contributed by atoms with Crippen LogP contribution in [-0.4, -0.2) is 40.3 Å². The average molecular weight is 340 g/mol. The first kappa shape index (κ1) is 19.4. The smallest absolute Gasteiger partial charge is 0.208 e. The summed E-state index contributed by atoms with van der Waals surface area (Å²) in [5.74, 6) is 0.748. The van der Waals surface area contributed by atoms with E-state index in [2.05, 4.69) is 39.4 Å². The van der Waals surface area contributed by atoms with Crippen LogP contribution in [0, 0.1) is 0 Å². The van der Waals surface area contributed by atoms with Gasteiger partial charge in [0.25, 0.3) is 0 Å². The highest BCUT2D eigenvalue weighted by Crippen LogP contribution is 2.10. The maximum atomic E-state index is 11.0. The molecule has 0 spiro atoms. The Morgan fingerprint density at radius 1 is 1.09 bits per heavy atom. The highest BCUT2D eigenvalue weighted by Gasteiger charge is 2.02. The van der Waals surface area contributed by atoms with Crippen LogP contribution in [0.5, 0.6) is 0 Å². The quantitative estimate of drug-likeness (QED) is 0.359. The standard InChI is InChI=1S/C16H28N4O2S/c1-4-14-9-6-7-10-15(14)13-19-16(17-5-2)18-11-8-12-20-23(3,21)22/h6-7,9-10,20H,4-5,8,11-13H2,1-3H3,(H2,17,18,19). The van der Waals surface area contributed by atoms with Gasteiger partial charge in [-0.3, -0.25) is 0 Å². The third kappa shape index (κ3) is 8.56. The lowest BCUT2D eigenvalue weighted by molar-refractivity contribution is 0.584. The number of hydrogen-bond donors (Lipinski definition) is 3. The van der Waals surface area contributed by atoms with Crippen molar-refractivity contribution in [2.75, 3.05) is 25.9 Å². The SMILES string of the molecule is CCNC(=NCc1ccccc1CC)NCCCNS(C)(=O)=O. The molecule has 0 bridgehead atoms. The van der Waals surface area contributed by atoms with Crippen molar-refractivity contribution in [1.29, 1.82) is 0 Å². The van der Waals surface area contributed by atoms with Gasteiger partial charge in [-0.05, 0) is 30.9 Å². The highest BCUT2D eigenvalue weighted by atomic mass is 32.2. The number of sulfonamides is 1. The van der Waals surface area contributed by atoms with Crippen LogP contribution in [0.3, 0.4) is 0 Å². The van der Waals surface area contributed by atoms with Crippen LogP contribution in [-0.2, 0) is 23.0 Å². The molecule has 0 unspecified atom stereocenters. The van der Waals surface area contributed by atoms with Crippen LogP contribution >= 0.6 is 0 Å². The van der Waals surface area contributed by atoms with Crippen molar-refractivity contribution >= 4 is 16.0 Å². The number of benzene rings is 1. The summed E-state index contributed by atoms with van der Waals surface area (Å²) in [7, 11) is -3.11. The maximum Gasteiger partial charge on any atom is 0.208 e. The Hall–Kier alpha value is -1.60. The molecule has 0 aromatic heterocycles. The molecule has 0 heterocycles. The summed E-state index contributed by atoms with van der Waals surface area (Å²) in [6.45, 7) is 6.64. The Morgan fingerprint density at radius 3 is 2.39 bits per heavy atom. The van der Waals surface area contributed by atoms with Crippen LogP contribution in [0.15, 0.2) is 29.3 Å². The fraction of sp³-hybridized carbons (Fsp3) is 0.562. The number of aliphatic imine (C=N–C) groups is 1. The summed E-state index contributed by atoms with van der Waals surface area (Å²) in [6.07, 6.45) is 2.85. The molecule has 0 radical (unpaired) electrons. The molecule has 0 aliphatic rings. The minimum atomic E-state index is -3.11. The van der Waals surface area contributed by atoms with E-state index in [-0.39, 0.29) is 0 Å². The monoisotopic (exact) mass is 340 g/mol. The van der Waals surface area contributed by atoms with E-state index in [4.69, 9.17) is 0 Å². The van der Waals surface area contributed by atoms with Crippen molar-refractivity contribution in [2.24, 2.45) is 4.99 Å². The van der Waals surface area contributed by atoms with Crippen LogP contribution in [0.2, 0.25) is 0 Å². The molecule has 0 aliphatic heterocycles. The van der Waals surface area contributed by atoms with Gasteiger partial charge in [-0.2, -0.15) is 0 Å². The van der Waals surface area contributed by atoms with Gasteiger partial charge in [0.1, 0.15) is 0 Å². The number of rotatable bonds is 9. The van der Waals surface area contributed by atoms with E-state index in [1.165, 1.54) is 11.1 Å². The Labute approximate surface area is 139 Å². The first-order valence-corrected chi connectivity index (χ1v) is 9.89. The molecule has 1 aromatic rings. The third-order valence-electron chi connectivity index (χ3n) is 3.26. The van der Waals surface area contributed by atoms with Crippen molar-refractivity contribution in [1.82, 2.24) is 15.4 Å². The predicted molar refractivity (Wildman–Crippen MR) is 96.1 cm³/mol. The molecule has 0 amide bonds. The van der Waals surface area contributed by atoms with Crippen LogP contribution in [0.4, 0.5) is 0 Å². The van der Waals surface area contributed by atoms with Gasteiger partial charge in [-0.1, -0.05) is 31.2 Å². The third-order valence-corrected chi connectivity index (χ3v) is 3.99.